The van der Waals surface area contributed by atoms with E-state index in [1.807, 2.05) is 9.80 Å². The van der Waals surface area contributed by atoms with Crippen LogP contribution in [0.3, 0.4) is 0 Å². The Labute approximate surface area is 213 Å². The first-order chi connectivity index (χ1) is 17.0. The second kappa shape index (κ2) is 12.6. The summed E-state index contributed by atoms with van der Waals surface area (Å²) in [6, 6.07) is 0. The number of alkyl carbamates (subject to hydrolysis) is 1. The molecule has 36 heavy (non-hydrogen) atoms. The minimum atomic E-state index is -0.802. The van der Waals surface area contributed by atoms with Crippen LogP contribution < -0.4 is 5.32 Å². The van der Waals surface area contributed by atoms with Gasteiger partial charge in [-0.3, -0.25) is 25.3 Å². The minimum Gasteiger partial charge on any atom is -0.480 e. The van der Waals surface area contributed by atoms with E-state index in [2.05, 4.69) is 10.2 Å². The van der Waals surface area contributed by atoms with Gasteiger partial charge in [0.2, 0.25) is 5.96 Å². The summed E-state index contributed by atoms with van der Waals surface area (Å²) < 4.78 is 10.8. The average Bonchev–Trinajstić information content (AvgIpc) is 3.12. The SMILES string of the molecule is CC(C)(C)OC(=O)NC(=N)N1CCC(CCCN2CC(CN3CCN(CC(=O)O)CC3)OC2=O)CC1. The molecule has 0 aromatic rings. The number of piperidine rings is 1. The molecule has 0 aromatic heterocycles. The Balaban J connectivity index is 1.28. The average molecular weight is 511 g/mol. The number of likely N-dealkylation sites (tertiary alicyclic amines) is 1. The monoisotopic (exact) mass is 510 g/mol. The molecule has 0 aromatic carbocycles. The summed E-state index contributed by atoms with van der Waals surface area (Å²) in [4.78, 5) is 42.9. The van der Waals surface area contributed by atoms with E-state index in [0.29, 0.717) is 51.7 Å². The fraction of sp³-hybridized carbons (Fsp3) is 0.833. The van der Waals surface area contributed by atoms with Crippen molar-refractivity contribution in [1.82, 2.24) is 24.9 Å². The number of cyclic esters (lactones) is 1. The van der Waals surface area contributed by atoms with Crippen molar-refractivity contribution < 1.29 is 29.0 Å². The van der Waals surface area contributed by atoms with Crippen molar-refractivity contribution in [3.05, 3.63) is 0 Å². The van der Waals surface area contributed by atoms with Crippen LogP contribution in [-0.4, -0.2) is 126 Å². The predicted octanol–water partition coefficient (Wildman–Crippen LogP) is 1.46. The molecule has 3 aliphatic rings. The molecule has 3 saturated heterocycles. The van der Waals surface area contributed by atoms with Gasteiger partial charge >= 0.3 is 18.2 Å². The maximum Gasteiger partial charge on any atom is 0.414 e. The van der Waals surface area contributed by atoms with E-state index in [-0.39, 0.29) is 24.7 Å². The van der Waals surface area contributed by atoms with E-state index in [1.54, 1.807) is 25.7 Å². The van der Waals surface area contributed by atoms with Gasteiger partial charge in [0.25, 0.3) is 0 Å². The molecular formula is C24H42N6O6. The van der Waals surface area contributed by atoms with Crippen LogP contribution in [0.15, 0.2) is 0 Å². The van der Waals surface area contributed by atoms with Gasteiger partial charge in [-0.2, -0.15) is 0 Å². The van der Waals surface area contributed by atoms with Crippen molar-refractivity contribution in [1.29, 1.82) is 5.41 Å². The molecule has 2 amide bonds. The number of carboxylic acids is 1. The minimum absolute atomic E-state index is 0.0740. The number of carboxylic acid groups (broad SMARTS) is 1. The highest BCUT2D eigenvalue weighted by molar-refractivity contribution is 5.92. The van der Waals surface area contributed by atoms with Gasteiger partial charge in [0.15, 0.2) is 0 Å². The summed E-state index contributed by atoms with van der Waals surface area (Å²) in [6.45, 7) is 11.8. The number of guanidine groups is 1. The van der Waals surface area contributed by atoms with Gasteiger partial charge in [0.1, 0.15) is 11.7 Å². The molecule has 0 saturated carbocycles. The summed E-state index contributed by atoms with van der Waals surface area (Å²) in [5, 5.41) is 19.6. The van der Waals surface area contributed by atoms with Gasteiger partial charge in [0, 0.05) is 52.4 Å². The summed E-state index contributed by atoms with van der Waals surface area (Å²) >= 11 is 0. The molecule has 3 N–H and O–H groups in total. The fourth-order valence-corrected chi connectivity index (χ4v) is 4.96. The molecule has 3 fully saturated rings. The third-order valence-electron chi connectivity index (χ3n) is 6.83. The highest BCUT2D eigenvalue weighted by Crippen LogP contribution is 2.23. The summed E-state index contributed by atoms with van der Waals surface area (Å²) in [6.07, 6.45) is 2.81. The Morgan fingerprint density at radius 2 is 1.75 bits per heavy atom. The first-order valence-electron chi connectivity index (χ1n) is 12.9. The molecule has 3 heterocycles. The van der Waals surface area contributed by atoms with Crippen LogP contribution in [0.25, 0.3) is 0 Å². The third-order valence-corrected chi connectivity index (χ3v) is 6.83. The maximum atomic E-state index is 12.3. The zero-order chi connectivity index (χ0) is 26.3. The number of hydrogen-bond donors (Lipinski definition) is 3. The Kier molecular flexibility index (Phi) is 9.77. The van der Waals surface area contributed by atoms with Crippen molar-refractivity contribution >= 4 is 24.1 Å². The van der Waals surface area contributed by atoms with Crippen LogP contribution in [0.4, 0.5) is 9.59 Å². The van der Waals surface area contributed by atoms with Crippen molar-refractivity contribution in [2.75, 3.05) is 65.4 Å². The van der Waals surface area contributed by atoms with Gasteiger partial charge in [-0.1, -0.05) is 0 Å². The van der Waals surface area contributed by atoms with Crippen molar-refractivity contribution in [2.45, 2.75) is 58.2 Å². The van der Waals surface area contributed by atoms with Gasteiger partial charge < -0.3 is 24.4 Å². The number of amides is 2. The quantitative estimate of drug-likeness (QED) is 0.327. The van der Waals surface area contributed by atoms with Crippen LogP contribution >= 0.6 is 0 Å². The van der Waals surface area contributed by atoms with Gasteiger partial charge in [-0.15, -0.1) is 0 Å². The first-order valence-corrected chi connectivity index (χ1v) is 12.9. The van der Waals surface area contributed by atoms with E-state index >= 15 is 0 Å². The summed E-state index contributed by atoms with van der Waals surface area (Å²) in [7, 11) is 0. The lowest BCUT2D eigenvalue weighted by Crippen LogP contribution is -2.50. The number of piperazine rings is 1. The number of aliphatic carboxylic acids is 1. The number of nitrogens with one attached hydrogen (secondary N) is 2. The standard InChI is InChI=1S/C24H42N6O6/c1-24(2,3)36-22(33)26-21(25)29-9-6-18(7-10-29)5-4-8-30-16-19(35-23(30)34)15-27-11-13-28(14-12-27)17-20(31)32/h18-19H,4-17H2,1-3H3,(H,31,32)(H2,25,26,33). The maximum absolute atomic E-state index is 12.3. The number of nitrogens with zero attached hydrogens (tertiary/aromatic N) is 4. The van der Waals surface area contributed by atoms with Crippen LogP contribution in [-0.2, 0) is 14.3 Å². The fourth-order valence-electron chi connectivity index (χ4n) is 4.96. The van der Waals surface area contributed by atoms with Gasteiger partial charge in [0.05, 0.1) is 13.1 Å². The summed E-state index contributed by atoms with van der Waals surface area (Å²) in [5.74, 6) is -0.187. The zero-order valence-corrected chi connectivity index (χ0v) is 21.8. The number of carbonyl (C=O) groups excluding carboxylic acids is 2. The van der Waals surface area contributed by atoms with Crippen LogP contribution in [0, 0.1) is 11.3 Å². The molecule has 3 rings (SSSR count). The molecule has 0 bridgehead atoms. The second-order valence-corrected chi connectivity index (χ2v) is 11.0. The molecule has 12 heteroatoms. The zero-order valence-electron chi connectivity index (χ0n) is 21.8. The largest absolute Gasteiger partial charge is 0.480 e. The molecule has 3 aliphatic heterocycles. The molecule has 1 unspecified atom stereocenters. The Morgan fingerprint density at radius 1 is 1.11 bits per heavy atom. The van der Waals surface area contributed by atoms with Crippen molar-refractivity contribution in [3.8, 4) is 0 Å². The van der Waals surface area contributed by atoms with Crippen molar-refractivity contribution in [3.63, 3.8) is 0 Å². The predicted molar refractivity (Wildman–Crippen MR) is 133 cm³/mol. The van der Waals surface area contributed by atoms with Gasteiger partial charge in [-0.05, 0) is 52.4 Å². The Bertz CT molecular complexity index is 786. The van der Waals surface area contributed by atoms with Gasteiger partial charge in [-0.25, -0.2) is 9.59 Å². The third kappa shape index (κ3) is 9.12. The van der Waals surface area contributed by atoms with Crippen molar-refractivity contribution in [2.24, 2.45) is 5.92 Å². The molecule has 0 aliphatic carbocycles. The lowest BCUT2D eigenvalue weighted by molar-refractivity contribution is -0.138. The molecule has 0 radical (unpaired) electrons. The highest BCUT2D eigenvalue weighted by atomic mass is 16.6. The van der Waals surface area contributed by atoms with Crippen LogP contribution in [0.2, 0.25) is 0 Å². The number of ether oxygens (including phenoxy) is 2. The van der Waals surface area contributed by atoms with E-state index in [9.17, 15) is 14.4 Å². The lowest BCUT2D eigenvalue weighted by atomic mass is 9.92. The van der Waals surface area contributed by atoms with E-state index in [0.717, 1.165) is 38.8 Å². The molecular weight excluding hydrogens is 468 g/mol. The van der Waals surface area contributed by atoms with E-state index in [1.165, 1.54) is 0 Å². The Hall–Kier alpha value is -2.60. The first kappa shape index (κ1) is 28.0. The van der Waals surface area contributed by atoms with E-state index < -0.39 is 17.7 Å². The molecule has 0 spiro atoms. The number of hydrogen-bond acceptors (Lipinski definition) is 8. The highest BCUT2D eigenvalue weighted by Gasteiger charge is 2.33. The van der Waals surface area contributed by atoms with E-state index in [4.69, 9.17) is 20.0 Å². The van der Waals surface area contributed by atoms with Crippen LogP contribution in [0.5, 0.6) is 0 Å². The lowest BCUT2D eigenvalue weighted by Gasteiger charge is -2.34. The normalized spacial score (nSPS) is 22.4. The second-order valence-electron chi connectivity index (χ2n) is 11.0. The molecule has 12 nitrogen and oxygen atoms in total. The van der Waals surface area contributed by atoms with Crippen LogP contribution in [0.1, 0.15) is 46.5 Å². The smallest absolute Gasteiger partial charge is 0.414 e. The number of rotatable bonds is 8. The summed E-state index contributed by atoms with van der Waals surface area (Å²) in [5.41, 5.74) is -0.599. The number of carbonyl (C=O) groups is 3. The Morgan fingerprint density at radius 3 is 2.36 bits per heavy atom. The molecule has 1 atom stereocenters. The molecule has 204 valence electrons. The topological polar surface area (TPSA) is 139 Å².